The molecule has 0 aromatic heterocycles. The molecule has 3 heteroatoms. The molecule has 1 aromatic rings. The molecule has 0 bridgehead atoms. The number of nitrogens with one attached hydrogen (secondary N) is 1. The summed E-state index contributed by atoms with van der Waals surface area (Å²) < 4.78 is 5.07. The third kappa shape index (κ3) is 1.71. The number of hydrogen-bond donors (Lipinski definition) is 1. The van der Waals surface area contributed by atoms with E-state index in [0.29, 0.717) is 12.3 Å². The summed E-state index contributed by atoms with van der Waals surface area (Å²) in [6.45, 7) is 0.755. The molecular weight excluding hydrogens is 178 g/mol. The van der Waals surface area contributed by atoms with Gasteiger partial charge in [-0.05, 0) is 17.7 Å². The second-order valence-corrected chi connectivity index (χ2v) is 3.48. The van der Waals surface area contributed by atoms with Gasteiger partial charge >= 0.3 is 0 Å². The Bertz CT molecular complexity index is 332. The molecule has 74 valence electrons. The molecule has 1 aliphatic heterocycles. The first-order valence-corrected chi connectivity index (χ1v) is 4.70. The van der Waals surface area contributed by atoms with Crippen LogP contribution in [-0.2, 0) is 4.79 Å². The van der Waals surface area contributed by atoms with Crippen LogP contribution in [0, 0.1) is 0 Å². The number of rotatable bonds is 2. The topological polar surface area (TPSA) is 38.3 Å². The van der Waals surface area contributed by atoms with Crippen LogP contribution in [0.5, 0.6) is 5.75 Å². The van der Waals surface area contributed by atoms with Crippen LogP contribution < -0.4 is 10.1 Å². The number of methoxy groups -OCH3 is 1. The van der Waals surface area contributed by atoms with Crippen molar-refractivity contribution in [2.45, 2.75) is 12.3 Å². The van der Waals surface area contributed by atoms with Gasteiger partial charge in [-0.15, -0.1) is 0 Å². The van der Waals surface area contributed by atoms with Crippen molar-refractivity contribution in [3.8, 4) is 5.75 Å². The fourth-order valence-corrected chi connectivity index (χ4v) is 1.72. The standard InChI is InChI=1S/C11H13NO2/c1-14-10-4-2-8(3-5-10)9-6-11(13)12-7-9/h2-5,9H,6-7H2,1H3,(H,12,13). The maximum atomic E-state index is 11.0. The zero-order valence-electron chi connectivity index (χ0n) is 8.12. The molecule has 0 saturated carbocycles. The SMILES string of the molecule is COc1ccc(C2CNC(=O)C2)cc1. The van der Waals surface area contributed by atoms with E-state index in [2.05, 4.69) is 5.32 Å². The molecule has 1 amide bonds. The molecule has 0 radical (unpaired) electrons. The van der Waals surface area contributed by atoms with E-state index in [1.165, 1.54) is 5.56 Å². The fraction of sp³-hybridized carbons (Fsp3) is 0.364. The highest BCUT2D eigenvalue weighted by Gasteiger charge is 2.22. The number of ether oxygens (including phenoxy) is 1. The summed E-state index contributed by atoms with van der Waals surface area (Å²) in [4.78, 5) is 11.0. The molecule has 0 aliphatic carbocycles. The van der Waals surface area contributed by atoms with E-state index in [0.717, 1.165) is 12.3 Å². The molecule has 0 spiro atoms. The Morgan fingerprint density at radius 3 is 2.57 bits per heavy atom. The van der Waals surface area contributed by atoms with Crippen molar-refractivity contribution >= 4 is 5.91 Å². The predicted molar refractivity (Wildman–Crippen MR) is 53.4 cm³/mol. The van der Waals surface area contributed by atoms with E-state index in [1.807, 2.05) is 24.3 Å². The van der Waals surface area contributed by atoms with Crippen LogP contribution in [0.1, 0.15) is 17.9 Å². The number of amides is 1. The van der Waals surface area contributed by atoms with Crippen molar-refractivity contribution in [1.82, 2.24) is 5.32 Å². The molecular formula is C11H13NO2. The molecule has 2 rings (SSSR count). The second kappa shape index (κ2) is 3.70. The first kappa shape index (κ1) is 9.06. The van der Waals surface area contributed by atoms with Crippen LogP contribution in [0.2, 0.25) is 0 Å². The molecule has 1 aliphatic rings. The Kier molecular flexibility index (Phi) is 2.39. The third-order valence-electron chi connectivity index (χ3n) is 2.56. The Hall–Kier alpha value is -1.51. The van der Waals surface area contributed by atoms with Gasteiger partial charge in [-0.2, -0.15) is 0 Å². The van der Waals surface area contributed by atoms with Crippen molar-refractivity contribution < 1.29 is 9.53 Å². The number of hydrogen-bond acceptors (Lipinski definition) is 2. The van der Waals surface area contributed by atoms with Gasteiger partial charge in [0.2, 0.25) is 5.91 Å². The van der Waals surface area contributed by atoms with Crippen LogP contribution >= 0.6 is 0 Å². The lowest BCUT2D eigenvalue weighted by atomic mass is 9.98. The Morgan fingerprint density at radius 2 is 2.07 bits per heavy atom. The zero-order valence-corrected chi connectivity index (χ0v) is 8.12. The largest absolute Gasteiger partial charge is 0.497 e. The zero-order chi connectivity index (χ0) is 9.97. The van der Waals surface area contributed by atoms with E-state index < -0.39 is 0 Å². The smallest absolute Gasteiger partial charge is 0.220 e. The minimum absolute atomic E-state index is 0.144. The monoisotopic (exact) mass is 191 g/mol. The van der Waals surface area contributed by atoms with Crippen molar-refractivity contribution in [3.05, 3.63) is 29.8 Å². The van der Waals surface area contributed by atoms with Gasteiger partial charge < -0.3 is 10.1 Å². The molecule has 3 nitrogen and oxygen atoms in total. The lowest BCUT2D eigenvalue weighted by Crippen LogP contribution is -2.13. The van der Waals surface area contributed by atoms with E-state index in [1.54, 1.807) is 7.11 Å². The third-order valence-corrected chi connectivity index (χ3v) is 2.56. The summed E-state index contributed by atoms with van der Waals surface area (Å²) in [6.07, 6.45) is 0.604. The Labute approximate surface area is 83.1 Å². The number of carbonyl (C=O) groups excluding carboxylic acids is 1. The lowest BCUT2D eigenvalue weighted by molar-refractivity contribution is -0.119. The summed E-state index contributed by atoms with van der Waals surface area (Å²) in [5.74, 6) is 1.32. The minimum atomic E-state index is 0.144. The van der Waals surface area contributed by atoms with Gasteiger partial charge in [-0.1, -0.05) is 12.1 Å². The van der Waals surface area contributed by atoms with Crippen molar-refractivity contribution in [2.75, 3.05) is 13.7 Å². The average Bonchev–Trinajstić information content (AvgIpc) is 2.65. The van der Waals surface area contributed by atoms with E-state index >= 15 is 0 Å². The normalized spacial score (nSPS) is 20.6. The molecule has 14 heavy (non-hydrogen) atoms. The summed E-state index contributed by atoms with van der Waals surface area (Å²) in [5.41, 5.74) is 1.20. The van der Waals surface area contributed by atoms with Gasteiger partial charge in [0.1, 0.15) is 5.75 Å². The highest BCUT2D eigenvalue weighted by atomic mass is 16.5. The fourth-order valence-electron chi connectivity index (χ4n) is 1.72. The van der Waals surface area contributed by atoms with Gasteiger partial charge in [0.05, 0.1) is 7.11 Å². The maximum absolute atomic E-state index is 11.0. The molecule has 1 fully saturated rings. The quantitative estimate of drug-likeness (QED) is 0.765. The van der Waals surface area contributed by atoms with Gasteiger partial charge in [-0.25, -0.2) is 0 Å². The highest BCUT2D eigenvalue weighted by Crippen LogP contribution is 2.24. The molecule has 1 saturated heterocycles. The van der Waals surface area contributed by atoms with Crippen molar-refractivity contribution in [2.24, 2.45) is 0 Å². The summed E-state index contributed by atoms with van der Waals surface area (Å²) >= 11 is 0. The van der Waals surface area contributed by atoms with Gasteiger partial charge in [0.25, 0.3) is 0 Å². The van der Waals surface area contributed by atoms with E-state index in [9.17, 15) is 4.79 Å². The first-order chi connectivity index (χ1) is 6.79. The molecule has 1 aromatic carbocycles. The van der Waals surface area contributed by atoms with E-state index in [-0.39, 0.29) is 5.91 Å². The van der Waals surface area contributed by atoms with Crippen molar-refractivity contribution in [1.29, 1.82) is 0 Å². The molecule has 1 heterocycles. The van der Waals surface area contributed by atoms with Crippen LogP contribution in [0.3, 0.4) is 0 Å². The number of benzene rings is 1. The van der Waals surface area contributed by atoms with Gasteiger partial charge in [-0.3, -0.25) is 4.79 Å². The van der Waals surface area contributed by atoms with Crippen LogP contribution in [0.25, 0.3) is 0 Å². The Balaban J connectivity index is 2.13. The van der Waals surface area contributed by atoms with Gasteiger partial charge in [0, 0.05) is 18.9 Å². The molecule has 1 N–H and O–H groups in total. The summed E-state index contributed by atoms with van der Waals surface area (Å²) in [6, 6.07) is 7.89. The second-order valence-electron chi connectivity index (χ2n) is 3.48. The summed E-state index contributed by atoms with van der Waals surface area (Å²) in [7, 11) is 1.65. The minimum Gasteiger partial charge on any atom is -0.497 e. The average molecular weight is 191 g/mol. The molecule has 1 atom stereocenters. The Morgan fingerprint density at radius 1 is 1.36 bits per heavy atom. The predicted octanol–water partition coefficient (Wildman–Crippen LogP) is 1.30. The summed E-state index contributed by atoms with van der Waals surface area (Å²) in [5, 5.41) is 2.83. The number of carbonyl (C=O) groups is 1. The van der Waals surface area contributed by atoms with Crippen LogP contribution in [0.4, 0.5) is 0 Å². The highest BCUT2D eigenvalue weighted by molar-refractivity contribution is 5.79. The molecule has 1 unspecified atom stereocenters. The first-order valence-electron chi connectivity index (χ1n) is 4.70. The van der Waals surface area contributed by atoms with E-state index in [4.69, 9.17) is 4.74 Å². The van der Waals surface area contributed by atoms with Crippen molar-refractivity contribution in [3.63, 3.8) is 0 Å². The van der Waals surface area contributed by atoms with Crippen LogP contribution in [0.15, 0.2) is 24.3 Å². The van der Waals surface area contributed by atoms with Gasteiger partial charge in [0.15, 0.2) is 0 Å². The maximum Gasteiger partial charge on any atom is 0.220 e. The lowest BCUT2D eigenvalue weighted by Gasteiger charge is -2.07. The van der Waals surface area contributed by atoms with Crippen LogP contribution in [-0.4, -0.2) is 19.6 Å².